The fraction of sp³-hybridized carbons (Fsp3) is 0.333. The van der Waals surface area contributed by atoms with Crippen molar-refractivity contribution < 1.29 is 14.3 Å². The number of ether oxygens (including phenoxy) is 2. The van der Waals surface area contributed by atoms with Crippen LogP contribution >= 0.6 is 0 Å². The van der Waals surface area contributed by atoms with E-state index >= 15 is 0 Å². The number of nitrogens with zero attached hydrogens (tertiary/aromatic N) is 4. The predicted molar refractivity (Wildman–Crippen MR) is 70.7 cm³/mol. The number of esters is 1. The summed E-state index contributed by atoms with van der Waals surface area (Å²) in [5.74, 6) is 0.0885. The smallest absolute Gasteiger partial charge is 0.360 e. The number of nitrogens with two attached hydrogens (primary N) is 1. The quantitative estimate of drug-likeness (QED) is 0.806. The summed E-state index contributed by atoms with van der Waals surface area (Å²) in [5, 5.41) is 4.01. The number of anilines is 1. The van der Waals surface area contributed by atoms with Gasteiger partial charge in [-0.05, 0) is 6.42 Å². The highest BCUT2D eigenvalue weighted by Gasteiger charge is 2.17. The van der Waals surface area contributed by atoms with Gasteiger partial charge >= 0.3 is 5.97 Å². The van der Waals surface area contributed by atoms with Crippen LogP contribution in [0.3, 0.4) is 0 Å². The molecule has 2 N–H and O–H groups in total. The van der Waals surface area contributed by atoms with Crippen LogP contribution < -0.4 is 10.5 Å². The molecule has 0 radical (unpaired) electrons. The van der Waals surface area contributed by atoms with Crippen molar-refractivity contribution in [2.45, 2.75) is 13.3 Å². The normalized spacial score (nSPS) is 10.3. The summed E-state index contributed by atoms with van der Waals surface area (Å²) >= 11 is 0. The second-order valence-corrected chi connectivity index (χ2v) is 3.91. The van der Waals surface area contributed by atoms with Crippen molar-refractivity contribution in [1.82, 2.24) is 19.7 Å². The molecule has 0 saturated heterocycles. The molecular weight excluding hydrogens is 262 g/mol. The lowest BCUT2D eigenvalue weighted by Gasteiger charge is -2.04. The lowest BCUT2D eigenvalue weighted by atomic mass is 10.4. The van der Waals surface area contributed by atoms with Crippen LogP contribution in [0.1, 0.15) is 23.8 Å². The monoisotopic (exact) mass is 277 g/mol. The molecular formula is C12H15N5O3. The average molecular weight is 277 g/mol. The van der Waals surface area contributed by atoms with Crippen LogP contribution in [0, 0.1) is 0 Å². The topological polar surface area (TPSA) is 105 Å². The van der Waals surface area contributed by atoms with Crippen LogP contribution in [0.4, 0.5) is 5.69 Å². The van der Waals surface area contributed by atoms with E-state index in [0.717, 1.165) is 6.42 Å². The lowest BCUT2D eigenvalue weighted by molar-refractivity contribution is 0.0594. The number of hydrogen-bond acceptors (Lipinski definition) is 7. The zero-order valence-corrected chi connectivity index (χ0v) is 11.2. The summed E-state index contributed by atoms with van der Waals surface area (Å²) in [6.45, 7) is 2.56. The number of nitrogen functional groups attached to an aromatic ring is 1. The van der Waals surface area contributed by atoms with Gasteiger partial charge < -0.3 is 15.2 Å². The maximum absolute atomic E-state index is 11.4. The van der Waals surface area contributed by atoms with Crippen molar-refractivity contribution in [2.75, 3.05) is 19.5 Å². The average Bonchev–Trinajstić information content (AvgIpc) is 2.86. The number of aromatic nitrogens is 4. The van der Waals surface area contributed by atoms with Gasteiger partial charge in [0.25, 0.3) is 5.95 Å². The molecule has 106 valence electrons. The summed E-state index contributed by atoms with van der Waals surface area (Å²) in [4.78, 5) is 19.7. The minimum absolute atomic E-state index is 0.0241. The van der Waals surface area contributed by atoms with Crippen LogP contribution in [-0.4, -0.2) is 39.4 Å². The Morgan fingerprint density at radius 3 is 3.00 bits per heavy atom. The SMILES string of the molecule is CCCOc1ccnc(-n2cc(N)c(C(=O)OC)n2)n1. The van der Waals surface area contributed by atoms with Crippen molar-refractivity contribution in [3.8, 4) is 11.8 Å². The van der Waals surface area contributed by atoms with E-state index in [0.29, 0.717) is 12.5 Å². The van der Waals surface area contributed by atoms with Crippen LogP contribution in [-0.2, 0) is 4.74 Å². The third-order valence-electron chi connectivity index (χ3n) is 2.40. The minimum atomic E-state index is -0.611. The summed E-state index contributed by atoms with van der Waals surface area (Å²) in [6.07, 6.45) is 3.87. The van der Waals surface area contributed by atoms with E-state index in [1.807, 2.05) is 6.92 Å². The highest BCUT2D eigenvalue weighted by molar-refractivity contribution is 5.92. The predicted octanol–water partition coefficient (Wildman–Crippen LogP) is 0.820. The van der Waals surface area contributed by atoms with Gasteiger partial charge in [-0.15, -0.1) is 0 Å². The molecule has 0 aromatic carbocycles. The lowest BCUT2D eigenvalue weighted by Crippen LogP contribution is -2.08. The molecule has 0 atom stereocenters. The summed E-state index contributed by atoms with van der Waals surface area (Å²) in [5.41, 5.74) is 5.92. The molecule has 0 saturated carbocycles. The van der Waals surface area contributed by atoms with Gasteiger partial charge in [-0.3, -0.25) is 0 Å². The number of rotatable bonds is 5. The van der Waals surface area contributed by atoms with Crippen molar-refractivity contribution >= 4 is 11.7 Å². The summed E-state index contributed by atoms with van der Waals surface area (Å²) in [6, 6.07) is 1.65. The molecule has 0 bridgehead atoms. The largest absolute Gasteiger partial charge is 0.478 e. The number of methoxy groups -OCH3 is 1. The van der Waals surface area contributed by atoms with E-state index in [4.69, 9.17) is 10.5 Å². The molecule has 0 aliphatic heterocycles. The molecule has 0 spiro atoms. The maximum atomic E-state index is 11.4. The standard InChI is InChI=1S/C12H15N5O3/c1-3-6-20-9-4-5-14-12(15-9)17-7-8(13)10(16-17)11(18)19-2/h4-5,7H,3,6,13H2,1-2H3. The Morgan fingerprint density at radius 2 is 2.30 bits per heavy atom. The number of carbonyl (C=O) groups excluding carboxylic acids is 1. The van der Waals surface area contributed by atoms with Gasteiger partial charge in [0.2, 0.25) is 5.88 Å². The second kappa shape index (κ2) is 6.00. The molecule has 8 heteroatoms. The first-order chi connectivity index (χ1) is 9.65. The fourth-order valence-electron chi connectivity index (χ4n) is 1.47. The van der Waals surface area contributed by atoms with Crippen LogP contribution in [0.2, 0.25) is 0 Å². The van der Waals surface area contributed by atoms with E-state index in [9.17, 15) is 4.79 Å². The van der Waals surface area contributed by atoms with Crippen molar-refractivity contribution in [2.24, 2.45) is 0 Å². The maximum Gasteiger partial charge on any atom is 0.360 e. The number of hydrogen-bond donors (Lipinski definition) is 1. The third kappa shape index (κ3) is 2.85. The molecule has 0 aliphatic rings. The molecule has 0 unspecified atom stereocenters. The van der Waals surface area contributed by atoms with E-state index in [2.05, 4.69) is 19.8 Å². The first kappa shape index (κ1) is 13.8. The summed E-state index contributed by atoms with van der Waals surface area (Å²) in [7, 11) is 1.26. The van der Waals surface area contributed by atoms with Gasteiger partial charge in [0, 0.05) is 12.3 Å². The van der Waals surface area contributed by atoms with E-state index < -0.39 is 5.97 Å². The Kier molecular flexibility index (Phi) is 4.14. The summed E-state index contributed by atoms with van der Waals surface area (Å²) < 4.78 is 11.3. The van der Waals surface area contributed by atoms with Crippen molar-refractivity contribution in [3.05, 3.63) is 24.2 Å². The Labute approximate surface area is 115 Å². The molecule has 2 rings (SSSR count). The highest BCUT2D eigenvalue weighted by atomic mass is 16.5. The molecule has 8 nitrogen and oxygen atoms in total. The van der Waals surface area contributed by atoms with E-state index in [1.54, 1.807) is 12.3 Å². The highest BCUT2D eigenvalue weighted by Crippen LogP contribution is 2.14. The van der Waals surface area contributed by atoms with Gasteiger partial charge in [-0.1, -0.05) is 6.92 Å². The van der Waals surface area contributed by atoms with Crippen LogP contribution in [0.15, 0.2) is 18.5 Å². The molecule has 20 heavy (non-hydrogen) atoms. The van der Waals surface area contributed by atoms with Gasteiger partial charge in [0.1, 0.15) is 0 Å². The van der Waals surface area contributed by atoms with Crippen LogP contribution in [0.5, 0.6) is 5.88 Å². The van der Waals surface area contributed by atoms with Gasteiger partial charge in [-0.2, -0.15) is 10.1 Å². The molecule has 2 heterocycles. The Bertz CT molecular complexity index is 611. The van der Waals surface area contributed by atoms with E-state index in [-0.39, 0.29) is 17.3 Å². The molecule has 2 aromatic heterocycles. The molecule has 2 aromatic rings. The fourth-order valence-corrected chi connectivity index (χ4v) is 1.47. The Hall–Kier alpha value is -2.64. The van der Waals surface area contributed by atoms with Gasteiger partial charge in [0.05, 0.1) is 25.6 Å². The molecule has 0 amide bonds. The third-order valence-corrected chi connectivity index (χ3v) is 2.40. The Balaban J connectivity index is 2.29. The van der Waals surface area contributed by atoms with E-state index in [1.165, 1.54) is 18.0 Å². The van der Waals surface area contributed by atoms with Crippen molar-refractivity contribution in [3.63, 3.8) is 0 Å². The van der Waals surface area contributed by atoms with Gasteiger partial charge in [-0.25, -0.2) is 14.5 Å². The first-order valence-corrected chi connectivity index (χ1v) is 6.05. The van der Waals surface area contributed by atoms with Gasteiger partial charge in [0.15, 0.2) is 5.69 Å². The van der Waals surface area contributed by atoms with Crippen LogP contribution in [0.25, 0.3) is 5.95 Å². The Morgan fingerprint density at radius 1 is 1.50 bits per heavy atom. The second-order valence-electron chi connectivity index (χ2n) is 3.91. The van der Waals surface area contributed by atoms with Crippen molar-refractivity contribution in [1.29, 1.82) is 0 Å². The number of carbonyl (C=O) groups is 1. The molecule has 0 aliphatic carbocycles. The minimum Gasteiger partial charge on any atom is -0.478 e. The molecule has 0 fully saturated rings. The first-order valence-electron chi connectivity index (χ1n) is 6.05. The zero-order chi connectivity index (χ0) is 14.5. The zero-order valence-electron chi connectivity index (χ0n) is 11.2.